The van der Waals surface area contributed by atoms with Gasteiger partial charge < -0.3 is 0 Å². The molecule has 0 amide bonds. The summed E-state index contributed by atoms with van der Waals surface area (Å²) < 4.78 is 21.0. The van der Waals surface area contributed by atoms with Crippen LogP contribution in [0.3, 0.4) is 0 Å². The van der Waals surface area contributed by atoms with E-state index in [2.05, 4.69) is 15.9 Å². The molecule has 82 valence electrons. The van der Waals surface area contributed by atoms with Crippen LogP contribution < -0.4 is 0 Å². The van der Waals surface area contributed by atoms with E-state index in [1.165, 1.54) is 24.3 Å². The second kappa shape index (κ2) is 4.63. The molecule has 1 rings (SSSR count). The van der Waals surface area contributed by atoms with Gasteiger partial charge in [0, 0.05) is 16.8 Å². The largest absolute Gasteiger partial charge is 0.292 e. The zero-order chi connectivity index (χ0) is 11.6. The highest BCUT2D eigenvalue weighted by Gasteiger charge is 2.26. The standard InChI is InChI=1S/C9H8BrClO3S/c1-15(13,14)9(10)8(12)6-2-4-7(11)5-3-6/h2-5,9H,1H3/t9-/m1/s1. The molecule has 1 aromatic carbocycles. The third-order valence-electron chi connectivity index (χ3n) is 1.71. The van der Waals surface area contributed by atoms with E-state index in [1.54, 1.807) is 0 Å². The smallest absolute Gasteiger partial charge is 0.191 e. The first-order chi connectivity index (χ1) is 6.82. The van der Waals surface area contributed by atoms with E-state index in [9.17, 15) is 13.2 Å². The summed E-state index contributed by atoms with van der Waals surface area (Å²) in [5.74, 6) is -0.492. The van der Waals surface area contributed by atoms with Crippen molar-refractivity contribution in [2.24, 2.45) is 0 Å². The molecule has 0 aromatic heterocycles. The molecule has 0 bridgehead atoms. The maximum atomic E-state index is 11.6. The summed E-state index contributed by atoms with van der Waals surface area (Å²) in [5.41, 5.74) is 0.312. The Labute approximate surface area is 101 Å². The lowest BCUT2D eigenvalue weighted by molar-refractivity contribution is 0.101. The highest BCUT2D eigenvalue weighted by atomic mass is 79.9. The molecule has 0 aliphatic rings. The number of Topliss-reactive ketones (excluding diaryl/α,β-unsaturated/α-hetero) is 1. The summed E-state index contributed by atoms with van der Waals surface area (Å²) in [4.78, 5) is 11.6. The highest BCUT2D eigenvalue weighted by Crippen LogP contribution is 2.17. The van der Waals surface area contributed by atoms with E-state index < -0.39 is 19.8 Å². The van der Waals surface area contributed by atoms with Gasteiger partial charge in [-0.1, -0.05) is 27.5 Å². The topological polar surface area (TPSA) is 51.2 Å². The quantitative estimate of drug-likeness (QED) is 0.636. The number of sulfone groups is 1. The first-order valence-electron chi connectivity index (χ1n) is 3.95. The molecule has 0 spiro atoms. The first kappa shape index (κ1) is 12.7. The molecule has 0 aliphatic heterocycles. The van der Waals surface area contributed by atoms with Gasteiger partial charge in [0.05, 0.1) is 0 Å². The molecule has 0 heterocycles. The molecule has 0 N–H and O–H groups in total. The summed E-state index contributed by atoms with van der Waals surface area (Å²) in [5, 5.41) is 0.497. The summed E-state index contributed by atoms with van der Waals surface area (Å²) in [6, 6.07) is 6.06. The zero-order valence-corrected chi connectivity index (χ0v) is 10.9. The van der Waals surface area contributed by atoms with Gasteiger partial charge in [0.1, 0.15) is 0 Å². The minimum atomic E-state index is -3.43. The molecular formula is C9H8BrClO3S. The van der Waals surface area contributed by atoms with Crippen LogP contribution in [-0.2, 0) is 9.84 Å². The van der Waals surface area contributed by atoms with Gasteiger partial charge >= 0.3 is 0 Å². The summed E-state index contributed by atoms with van der Waals surface area (Å²) in [7, 11) is -3.43. The van der Waals surface area contributed by atoms with E-state index in [1.807, 2.05) is 0 Å². The molecule has 1 atom stereocenters. The number of hydrogen-bond donors (Lipinski definition) is 0. The Balaban J connectivity index is 3.01. The third kappa shape index (κ3) is 3.29. The first-order valence-corrected chi connectivity index (χ1v) is 7.20. The van der Waals surface area contributed by atoms with E-state index in [4.69, 9.17) is 11.6 Å². The molecule has 0 saturated heterocycles. The number of carbonyl (C=O) groups is 1. The lowest BCUT2D eigenvalue weighted by atomic mass is 10.1. The molecule has 0 saturated carbocycles. The van der Waals surface area contributed by atoms with Gasteiger partial charge in [-0.2, -0.15) is 0 Å². The number of alkyl halides is 1. The van der Waals surface area contributed by atoms with Gasteiger partial charge in [0.15, 0.2) is 19.8 Å². The fourth-order valence-corrected chi connectivity index (χ4v) is 1.85. The second-order valence-corrected chi connectivity index (χ2v) is 7.11. The van der Waals surface area contributed by atoms with Crippen LogP contribution in [0, 0.1) is 0 Å². The van der Waals surface area contributed by atoms with E-state index in [0.717, 1.165) is 6.26 Å². The Bertz CT molecular complexity index is 467. The molecule has 0 fully saturated rings. The Morgan fingerprint density at radius 1 is 1.33 bits per heavy atom. The van der Waals surface area contributed by atoms with Crippen molar-refractivity contribution in [1.29, 1.82) is 0 Å². The van der Waals surface area contributed by atoms with E-state index >= 15 is 0 Å². The van der Waals surface area contributed by atoms with Crippen molar-refractivity contribution >= 4 is 43.2 Å². The SMILES string of the molecule is CS(=O)(=O)[C@@H](Br)C(=O)c1ccc(Cl)cc1. The van der Waals surface area contributed by atoms with Crippen molar-refractivity contribution in [2.45, 2.75) is 4.16 Å². The van der Waals surface area contributed by atoms with E-state index in [-0.39, 0.29) is 0 Å². The minimum Gasteiger partial charge on any atom is -0.292 e. The zero-order valence-electron chi connectivity index (χ0n) is 7.78. The van der Waals surface area contributed by atoms with Crippen molar-refractivity contribution in [1.82, 2.24) is 0 Å². The normalized spacial score (nSPS) is 13.5. The predicted molar refractivity (Wildman–Crippen MR) is 63.3 cm³/mol. The Hall–Kier alpha value is -0.390. The van der Waals surface area contributed by atoms with Crippen molar-refractivity contribution in [2.75, 3.05) is 6.26 Å². The van der Waals surface area contributed by atoms with Crippen molar-refractivity contribution < 1.29 is 13.2 Å². The Morgan fingerprint density at radius 2 is 1.80 bits per heavy atom. The van der Waals surface area contributed by atoms with Crippen LogP contribution >= 0.6 is 27.5 Å². The number of halogens is 2. The maximum Gasteiger partial charge on any atom is 0.191 e. The third-order valence-corrected chi connectivity index (χ3v) is 5.38. The number of ketones is 1. The molecular weight excluding hydrogens is 304 g/mol. The Kier molecular flexibility index (Phi) is 3.92. The van der Waals surface area contributed by atoms with Crippen LogP contribution in [0.2, 0.25) is 5.02 Å². The number of benzene rings is 1. The van der Waals surface area contributed by atoms with Crippen molar-refractivity contribution in [3.63, 3.8) is 0 Å². The number of carbonyl (C=O) groups excluding carboxylic acids is 1. The molecule has 15 heavy (non-hydrogen) atoms. The van der Waals surface area contributed by atoms with Crippen LogP contribution in [-0.4, -0.2) is 24.6 Å². The molecule has 6 heteroatoms. The van der Waals surface area contributed by atoms with E-state index in [0.29, 0.717) is 10.6 Å². The molecule has 1 aromatic rings. The monoisotopic (exact) mass is 310 g/mol. The fraction of sp³-hybridized carbons (Fsp3) is 0.222. The summed E-state index contributed by atoms with van der Waals surface area (Å²) in [6.07, 6.45) is 1.00. The average Bonchev–Trinajstić information content (AvgIpc) is 2.15. The van der Waals surface area contributed by atoms with Crippen LogP contribution in [0.15, 0.2) is 24.3 Å². The van der Waals surface area contributed by atoms with Gasteiger partial charge in [-0.25, -0.2) is 8.42 Å². The van der Waals surface area contributed by atoms with Crippen molar-refractivity contribution in [3.8, 4) is 0 Å². The maximum absolute atomic E-state index is 11.6. The van der Waals surface area contributed by atoms with Crippen molar-refractivity contribution in [3.05, 3.63) is 34.9 Å². The summed E-state index contributed by atoms with van der Waals surface area (Å²) in [6.45, 7) is 0. The molecule has 0 aliphatic carbocycles. The average molecular weight is 312 g/mol. The van der Waals surface area contributed by atoms with Gasteiger partial charge in [-0.3, -0.25) is 4.79 Å². The van der Waals surface area contributed by atoms with Gasteiger partial charge in [0.25, 0.3) is 0 Å². The van der Waals surface area contributed by atoms with Gasteiger partial charge in [0.2, 0.25) is 0 Å². The Morgan fingerprint density at radius 3 is 2.20 bits per heavy atom. The van der Waals surface area contributed by atoms with Crippen LogP contribution in [0.4, 0.5) is 0 Å². The van der Waals surface area contributed by atoms with Gasteiger partial charge in [-0.05, 0) is 24.3 Å². The minimum absolute atomic E-state index is 0.312. The number of hydrogen-bond acceptors (Lipinski definition) is 3. The van der Waals surface area contributed by atoms with Crippen LogP contribution in [0.1, 0.15) is 10.4 Å². The molecule has 0 radical (unpaired) electrons. The molecule has 3 nitrogen and oxygen atoms in total. The van der Waals surface area contributed by atoms with Gasteiger partial charge in [-0.15, -0.1) is 0 Å². The number of rotatable bonds is 3. The lowest BCUT2D eigenvalue weighted by Crippen LogP contribution is -2.23. The molecule has 0 unspecified atom stereocenters. The van der Waals surface area contributed by atoms with Crippen LogP contribution in [0.5, 0.6) is 0 Å². The fourth-order valence-electron chi connectivity index (χ4n) is 0.940. The lowest BCUT2D eigenvalue weighted by Gasteiger charge is -2.06. The van der Waals surface area contributed by atoms with Crippen LogP contribution in [0.25, 0.3) is 0 Å². The highest BCUT2D eigenvalue weighted by molar-refractivity contribution is 9.11. The predicted octanol–water partition coefficient (Wildman–Crippen LogP) is 2.29. The summed E-state index contributed by atoms with van der Waals surface area (Å²) >= 11 is 8.49. The second-order valence-electron chi connectivity index (χ2n) is 3.02.